The smallest absolute Gasteiger partial charge is 0.121 e. The molecule has 0 amide bonds. The zero-order valence-corrected chi connectivity index (χ0v) is 11.0. The van der Waals surface area contributed by atoms with Crippen molar-refractivity contribution in [3.8, 4) is 5.75 Å². The molecule has 92 valence electrons. The number of fused-ring (bicyclic) bond motifs is 1. The van der Waals surface area contributed by atoms with Gasteiger partial charge in [-0.3, -0.25) is 0 Å². The Morgan fingerprint density at radius 2 is 2.06 bits per heavy atom. The summed E-state index contributed by atoms with van der Waals surface area (Å²) >= 11 is 0. The van der Waals surface area contributed by atoms with Gasteiger partial charge in [-0.05, 0) is 38.7 Å². The molecule has 0 fully saturated rings. The first kappa shape index (κ1) is 12.0. The summed E-state index contributed by atoms with van der Waals surface area (Å²) < 4.78 is 7.88. The molecule has 0 bridgehead atoms. The number of aryl methyl sites for hydroxylation is 2. The van der Waals surface area contributed by atoms with Gasteiger partial charge in [0.2, 0.25) is 0 Å². The maximum Gasteiger partial charge on any atom is 0.121 e. The van der Waals surface area contributed by atoms with Crippen molar-refractivity contribution in [1.82, 2.24) is 9.47 Å². The zero-order chi connectivity index (χ0) is 12.4. The van der Waals surface area contributed by atoms with Crippen LogP contribution in [0.4, 0.5) is 0 Å². The minimum atomic E-state index is 0.724. The molecule has 1 heterocycles. The molecule has 0 saturated heterocycles. The van der Waals surface area contributed by atoms with Crippen LogP contribution in [0.5, 0.6) is 5.75 Å². The van der Waals surface area contributed by atoms with E-state index < -0.39 is 0 Å². The van der Waals surface area contributed by atoms with E-state index in [1.807, 2.05) is 20.2 Å². The Morgan fingerprint density at radius 1 is 1.29 bits per heavy atom. The Morgan fingerprint density at radius 3 is 2.76 bits per heavy atom. The maximum absolute atomic E-state index is 5.73. The molecule has 0 saturated carbocycles. The summed E-state index contributed by atoms with van der Waals surface area (Å²) in [6.07, 6.45) is 2.15. The number of benzene rings is 1. The molecular weight excluding hydrogens is 212 g/mol. The van der Waals surface area contributed by atoms with Crippen LogP contribution in [0.2, 0.25) is 0 Å². The van der Waals surface area contributed by atoms with Crippen LogP contribution in [0.1, 0.15) is 5.56 Å². The van der Waals surface area contributed by atoms with Crippen LogP contribution in [-0.2, 0) is 7.05 Å². The van der Waals surface area contributed by atoms with Gasteiger partial charge in [0, 0.05) is 31.2 Å². The summed E-state index contributed by atoms with van der Waals surface area (Å²) in [6, 6.07) is 6.29. The van der Waals surface area contributed by atoms with E-state index in [2.05, 4.69) is 41.8 Å². The summed E-state index contributed by atoms with van der Waals surface area (Å²) in [6.45, 7) is 3.79. The predicted octanol–water partition coefficient (Wildman–Crippen LogP) is 2.43. The van der Waals surface area contributed by atoms with Crippen molar-refractivity contribution in [2.75, 3.05) is 27.2 Å². The van der Waals surface area contributed by atoms with Crippen LogP contribution in [0.3, 0.4) is 0 Å². The van der Waals surface area contributed by atoms with Crippen LogP contribution >= 0.6 is 0 Å². The maximum atomic E-state index is 5.73. The molecule has 0 aliphatic heterocycles. The van der Waals surface area contributed by atoms with Crippen LogP contribution in [0, 0.1) is 6.92 Å². The molecule has 0 atom stereocenters. The molecule has 2 aromatic rings. The van der Waals surface area contributed by atoms with E-state index in [9.17, 15) is 0 Å². The molecule has 3 nitrogen and oxygen atoms in total. The quantitative estimate of drug-likeness (QED) is 0.805. The van der Waals surface area contributed by atoms with Crippen molar-refractivity contribution < 1.29 is 4.74 Å². The molecular formula is C14H20N2O. The molecule has 0 aliphatic carbocycles. The van der Waals surface area contributed by atoms with E-state index >= 15 is 0 Å². The fourth-order valence-corrected chi connectivity index (χ4v) is 2.00. The minimum absolute atomic E-state index is 0.724. The van der Waals surface area contributed by atoms with Gasteiger partial charge in [0.1, 0.15) is 12.4 Å². The lowest BCUT2D eigenvalue weighted by Gasteiger charge is -2.11. The lowest BCUT2D eigenvalue weighted by atomic mass is 10.2. The van der Waals surface area contributed by atoms with Gasteiger partial charge < -0.3 is 14.2 Å². The SMILES string of the molecule is Cc1cn(C)c2cc(OCCN(C)C)ccc12. The topological polar surface area (TPSA) is 17.4 Å². The summed E-state index contributed by atoms with van der Waals surface area (Å²) in [5.41, 5.74) is 2.53. The van der Waals surface area contributed by atoms with E-state index in [-0.39, 0.29) is 0 Å². The zero-order valence-electron chi connectivity index (χ0n) is 11.0. The summed E-state index contributed by atoms with van der Waals surface area (Å²) in [5, 5.41) is 1.30. The Labute approximate surface area is 103 Å². The first-order valence-electron chi connectivity index (χ1n) is 5.91. The van der Waals surface area contributed by atoms with Gasteiger partial charge >= 0.3 is 0 Å². The van der Waals surface area contributed by atoms with Gasteiger partial charge in [0.15, 0.2) is 0 Å². The number of ether oxygens (including phenoxy) is 1. The molecule has 17 heavy (non-hydrogen) atoms. The van der Waals surface area contributed by atoms with E-state index in [1.54, 1.807) is 0 Å². The van der Waals surface area contributed by atoms with Crippen LogP contribution < -0.4 is 4.74 Å². The van der Waals surface area contributed by atoms with Crippen molar-refractivity contribution in [3.05, 3.63) is 30.0 Å². The predicted molar refractivity (Wildman–Crippen MR) is 71.7 cm³/mol. The monoisotopic (exact) mass is 232 g/mol. The minimum Gasteiger partial charge on any atom is -0.492 e. The summed E-state index contributed by atoms with van der Waals surface area (Å²) in [4.78, 5) is 2.12. The van der Waals surface area contributed by atoms with Gasteiger partial charge in [0.05, 0.1) is 5.52 Å². The molecule has 3 heteroatoms. The highest BCUT2D eigenvalue weighted by atomic mass is 16.5. The Bertz CT molecular complexity index is 514. The number of hydrogen-bond acceptors (Lipinski definition) is 2. The van der Waals surface area contributed by atoms with Crippen molar-refractivity contribution in [2.45, 2.75) is 6.92 Å². The highest BCUT2D eigenvalue weighted by molar-refractivity contribution is 5.84. The summed E-state index contributed by atoms with van der Waals surface area (Å²) in [5.74, 6) is 0.945. The van der Waals surface area contributed by atoms with Gasteiger partial charge in [-0.1, -0.05) is 0 Å². The van der Waals surface area contributed by atoms with Crippen molar-refractivity contribution in [1.29, 1.82) is 0 Å². The molecule has 0 radical (unpaired) electrons. The lowest BCUT2D eigenvalue weighted by molar-refractivity contribution is 0.261. The van der Waals surface area contributed by atoms with Crippen LogP contribution in [0.25, 0.3) is 10.9 Å². The second kappa shape index (κ2) is 4.80. The Hall–Kier alpha value is -1.48. The van der Waals surface area contributed by atoms with E-state index in [1.165, 1.54) is 16.5 Å². The number of rotatable bonds is 4. The average molecular weight is 232 g/mol. The first-order chi connectivity index (χ1) is 8.08. The molecule has 0 aliphatic rings. The highest BCUT2D eigenvalue weighted by Crippen LogP contribution is 2.24. The van der Waals surface area contributed by atoms with Gasteiger partial charge in [0.25, 0.3) is 0 Å². The van der Waals surface area contributed by atoms with Crippen molar-refractivity contribution in [2.24, 2.45) is 7.05 Å². The molecule has 0 unspecified atom stereocenters. The van der Waals surface area contributed by atoms with Gasteiger partial charge in [-0.25, -0.2) is 0 Å². The second-order valence-electron chi connectivity index (χ2n) is 4.75. The number of likely N-dealkylation sites (N-methyl/N-ethyl adjacent to an activating group) is 1. The average Bonchev–Trinajstić information content (AvgIpc) is 2.54. The third kappa shape index (κ3) is 2.61. The number of aromatic nitrogens is 1. The lowest BCUT2D eigenvalue weighted by Crippen LogP contribution is -2.19. The molecule has 0 spiro atoms. The standard InChI is InChI=1S/C14H20N2O/c1-11-10-16(4)14-9-12(5-6-13(11)14)17-8-7-15(2)3/h5-6,9-10H,7-8H2,1-4H3. The fraction of sp³-hybridized carbons (Fsp3) is 0.429. The molecule has 2 rings (SSSR count). The normalized spacial score (nSPS) is 11.4. The van der Waals surface area contributed by atoms with E-state index in [4.69, 9.17) is 4.74 Å². The third-order valence-electron chi connectivity index (χ3n) is 2.97. The van der Waals surface area contributed by atoms with Crippen LogP contribution in [0.15, 0.2) is 24.4 Å². The molecule has 0 N–H and O–H groups in total. The van der Waals surface area contributed by atoms with Crippen molar-refractivity contribution >= 4 is 10.9 Å². The molecule has 1 aromatic heterocycles. The van der Waals surface area contributed by atoms with Crippen molar-refractivity contribution in [3.63, 3.8) is 0 Å². The van der Waals surface area contributed by atoms with E-state index in [0.717, 1.165) is 18.9 Å². The van der Waals surface area contributed by atoms with Gasteiger partial charge in [-0.2, -0.15) is 0 Å². The number of nitrogens with zero attached hydrogens (tertiary/aromatic N) is 2. The molecule has 1 aromatic carbocycles. The Balaban J connectivity index is 2.17. The van der Waals surface area contributed by atoms with E-state index in [0.29, 0.717) is 0 Å². The second-order valence-corrected chi connectivity index (χ2v) is 4.75. The highest BCUT2D eigenvalue weighted by Gasteiger charge is 2.04. The largest absolute Gasteiger partial charge is 0.492 e. The fourth-order valence-electron chi connectivity index (χ4n) is 2.00. The Kier molecular flexibility index (Phi) is 3.38. The summed E-state index contributed by atoms with van der Waals surface area (Å²) in [7, 11) is 6.17. The van der Waals surface area contributed by atoms with Crippen LogP contribution in [-0.4, -0.2) is 36.7 Å². The third-order valence-corrected chi connectivity index (χ3v) is 2.97. The first-order valence-corrected chi connectivity index (χ1v) is 5.91. The number of hydrogen-bond donors (Lipinski definition) is 0. The van der Waals surface area contributed by atoms with Gasteiger partial charge in [-0.15, -0.1) is 0 Å².